The number of pyridine rings is 1. The van der Waals surface area contributed by atoms with Crippen LogP contribution in [0.1, 0.15) is 128 Å². The quantitative estimate of drug-likeness (QED) is 0.152. The van der Waals surface area contributed by atoms with Crippen molar-refractivity contribution < 1.29 is 13.5 Å². The van der Waals surface area contributed by atoms with Crippen LogP contribution in [0, 0.1) is 13.8 Å². The van der Waals surface area contributed by atoms with Crippen LogP contribution in [-0.4, -0.2) is 22.4 Å². The lowest BCUT2D eigenvalue weighted by molar-refractivity contribution is 0.370. The zero-order valence-electron chi connectivity index (χ0n) is 48.5. The van der Waals surface area contributed by atoms with Gasteiger partial charge in [0.25, 0.3) is 0 Å². The molecule has 1 aliphatic heterocycles. The molecule has 0 amide bonds. The van der Waals surface area contributed by atoms with Gasteiger partial charge in [-0.25, -0.2) is 13.8 Å². The Bertz CT molecular complexity index is 3880. The van der Waals surface area contributed by atoms with Crippen molar-refractivity contribution in [2.45, 2.75) is 131 Å². The SMILES string of the molecule is Cc1cc(C)cc(-c2cccc(C3=CC(F)CC(F)=C3)c2N2CN(c3cc(Oc4ccc5c6ccccc6n(-c6cc(C(C)(C)C)ccn6)c5c4)cc(-c4c(C(C)(C)C)cc(C(C)(C)C)cc4C(C)(C)C)c3)c3ccccc32)c1. The summed E-state index contributed by atoms with van der Waals surface area (Å²) in [7, 11) is 0. The van der Waals surface area contributed by atoms with Crippen molar-refractivity contribution >= 4 is 50.1 Å². The summed E-state index contributed by atoms with van der Waals surface area (Å²) in [6.07, 6.45) is 3.30. The van der Waals surface area contributed by atoms with Gasteiger partial charge in [0.1, 0.15) is 36.0 Å². The summed E-state index contributed by atoms with van der Waals surface area (Å²) in [4.78, 5) is 9.67. The summed E-state index contributed by atoms with van der Waals surface area (Å²) in [5.41, 5.74) is 18.2. The second-order valence-electron chi connectivity index (χ2n) is 26.2. The van der Waals surface area contributed by atoms with Crippen molar-refractivity contribution in [3.63, 3.8) is 0 Å². The number of benzene rings is 7. The van der Waals surface area contributed by atoms with Crippen LogP contribution in [0.25, 0.3) is 55.5 Å². The predicted octanol–water partition coefficient (Wildman–Crippen LogP) is 20.3. The Hall–Kier alpha value is -7.77. The number of aromatic nitrogens is 2. The number of fused-ring (bicyclic) bond motifs is 4. The molecule has 1 atom stereocenters. The molecule has 0 saturated carbocycles. The minimum absolute atomic E-state index is 0.0678. The van der Waals surface area contributed by atoms with Gasteiger partial charge in [0.15, 0.2) is 0 Å². The molecule has 7 aromatic carbocycles. The molecule has 0 saturated heterocycles. The highest BCUT2D eigenvalue weighted by atomic mass is 19.1. The minimum atomic E-state index is -1.44. The first-order valence-electron chi connectivity index (χ1n) is 27.9. The molecule has 1 aliphatic carbocycles. The lowest BCUT2D eigenvalue weighted by Crippen LogP contribution is -2.25. The molecule has 3 heterocycles. The van der Waals surface area contributed by atoms with Gasteiger partial charge in [0.05, 0.1) is 28.1 Å². The summed E-state index contributed by atoms with van der Waals surface area (Å²) < 4.78 is 40.4. The van der Waals surface area contributed by atoms with E-state index >= 15 is 8.78 Å². The van der Waals surface area contributed by atoms with Crippen LogP contribution in [0.4, 0.5) is 31.5 Å². The topological polar surface area (TPSA) is 33.5 Å². The Balaban J connectivity index is 1.14. The molecule has 79 heavy (non-hydrogen) atoms. The molecule has 11 rings (SSSR count). The Morgan fingerprint density at radius 2 is 1.18 bits per heavy atom. The van der Waals surface area contributed by atoms with E-state index < -0.39 is 12.0 Å². The number of nitrogens with zero attached hydrogens (tertiary/aromatic N) is 4. The number of alkyl halides is 1. The number of hydrogen-bond donors (Lipinski definition) is 0. The number of hydrogen-bond acceptors (Lipinski definition) is 4. The molecule has 7 heteroatoms. The predicted molar refractivity (Wildman–Crippen MR) is 329 cm³/mol. The first kappa shape index (κ1) is 53.2. The number of rotatable bonds is 8. The van der Waals surface area contributed by atoms with Crippen LogP contribution in [0.15, 0.2) is 170 Å². The van der Waals surface area contributed by atoms with Gasteiger partial charge in [-0.05, 0) is 147 Å². The highest BCUT2D eigenvalue weighted by Crippen LogP contribution is 2.52. The summed E-state index contributed by atoms with van der Waals surface area (Å²) in [6, 6.07) is 52.1. The minimum Gasteiger partial charge on any atom is -0.457 e. The fraction of sp³-hybridized carbons (Fsp3) is 0.292. The molecule has 9 aromatic rings. The fourth-order valence-corrected chi connectivity index (χ4v) is 11.9. The van der Waals surface area contributed by atoms with E-state index in [-0.39, 0.29) is 28.1 Å². The third-order valence-electron chi connectivity index (χ3n) is 15.8. The largest absolute Gasteiger partial charge is 0.457 e. The molecule has 2 aliphatic rings. The van der Waals surface area contributed by atoms with E-state index in [4.69, 9.17) is 9.72 Å². The molecule has 1 unspecified atom stereocenters. The van der Waals surface area contributed by atoms with Crippen LogP contribution in [0.2, 0.25) is 0 Å². The summed E-state index contributed by atoms with van der Waals surface area (Å²) in [5, 5.41) is 2.26. The van der Waals surface area contributed by atoms with Crippen LogP contribution in [0.5, 0.6) is 11.5 Å². The first-order chi connectivity index (χ1) is 37.3. The molecular weight excluding hydrogens is 975 g/mol. The van der Waals surface area contributed by atoms with Gasteiger partial charge in [0, 0.05) is 52.3 Å². The van der Waals surface area contributed by atoms with Gasteiger partial charge in [-0.15, -0.1) is 0 Å². The molecule has 0 N–H and O–H groups in total. The molecular formula is C72H74F2N4O. The monoisotopic (exact) mass is 1050 g/mol. The molecule has 402 valence electrons. The molecule has 0 spiro atoms. The van der Waals surface area contributed by atoms with E-state index in [1.807, 2.05) is 18.3 Å². The van der Waals surface area contributed by atoms with E-state index in [1.165, 1.54) is 33.9 Å². The Morgan fingerprint density at radius 1 is 0.544 bits per heavy atom. The molecule has 0 fully saturated rings. The smallest absolute Gasteiger partial charge is 0.137 e. The van der Waals surface area contributed by atoms with Gasteiger partial charge in [-0.3, -0.25) is 4.57 Å². The second kappa shape index (κ2) is 19.5. The third kappa shape index (κ3) is 10.2. The van der Waals surface area contributed by atoms with E-state index in [1.54, 1.807) is 6.08 Å². The van der Waals surface area contributed by atoms with Crippen LogP contribution >= 0.6 is 0 Å². The molecule has 0 radical (unpaired) electrons. The Kier molecular flexibility index (Phi) is 13.2. The van der Waals surface area contributed by atoms with Crippen molar-refractivity contribution in [3.05, 3.63) is 209 Å². The van der Waals surface area contributed by atoms with E-state index in [0.717, 1.165) is 83.8 Å². The third-order valence-corrected chi connectivity index (χ3v) is 15.8. The number of aryl methyl sites for hydroxylation is 2. The van der Waals surface area contributed by atoms with Crippen LogP contribution < -0.4 is 14.5 Å². The number of ether oxygens (including phenoxy) is 1. The number of para-hydroxylation sites is 4. The van der Waals surface area contributed by atoms with Gasteiger partial charge in [-0.2, -0.15) is 0 Å². The van der Waals surface area contributed by atoms with Crippen LogP contribution in [0.3, 0.4) is 0 Å². The van der Waals surface area contributed by atoms with Crippen molar-refractivity contribution in [2.75, 3.05) is 16.5 Å². The average Bonchev–Trinajstić information content (AvgIpc) is 4.21. The van der Waals surface area contributed by atoms with Crippen molar-refractivity contribution in [2.24, 2.45) is 0 Å². The van der Waals surface area contributed by atoms with E-state index in [0.29, 0.717) is 23.7 Å². The van der Waals surface area contributed by atoms with Crippen LogP contribution in [-0.2, 0) is 21.7 Å². The maximum atomic E-state index is 15.5. The fourth-order valence-electron chi connectivity index (χ4n) is 11.9. The first-order valence-corrected chi connectivity index (χ1v) is 27.9. The number of allylic oxidation sites excluding steroid dienone is 4. The van der Waals surface area contributed by atoms with Gasteiger partial charge in [0.2, 0.25) is 0 Å². The van der Waals surface area contributed by atoms with E-state index in [9.17, 15) is 0 Å². The lowest BCUT2D eigenvalue weighted by Gasteiger charge is -2.34. The summed E-state index contributed by atoms with van der Waals surface area (Å²) in [6.45, 7) is 32.2. The van der Waals surface area contributed by atoms with E-state index in [2.05, 4.69) is 245 Å². The van der Waals surface area contributed by atoms with Gasteiger partial charge >= 0.3 is 0 Å². The second-order valence-corrected chi connectivity index (χ2v) is 26.2. The number of anilines is 4. The lowest BCUT2D eigenvalue weighted by atomic mass is 9.71. The normalized spacial score (nSPS) is 15.2. The molecule has 0 bridgehead atoms. The molecule has 5 nitrogen and oxygen atoms in total. The van der Waals surface area contributed by atoms with Crippen molar-refractivity contribution in [3.8, 4) is 39.6 Å². The van der Waals surface area contributed by atoms with Crippen molar-refractivity contribution in [1.29, 1.82) is 0 Å². The maximum Gasteiger partial charge on any atom is 0.137 e. The van der Waals surface area contributed by atoms with Crippen molar-refractivity contribution in [1.82, 2.24) is 9.55 Å². The average molecular weight is 1050 g/mol. The summed E-state index contributed by atoms with van der Waals surface area (Å²) in [5.74, 6) is 1.78. The van der Waals surface area contributed by atoms with Gasteiger partial charge < -0.3 is 14.5 Å². The zero-order chi connectivity index (χ0) is 56.1. The standard InChI is InChI=1S/C72H74F2N4O/c1-44-30-45(2)32-46(31-44)56-21-19-22-57(47-33-51(73)40-52(74)34-47)68(56)77-43-76(63-24-17-18-25-64(63)77)53-35-48(67-60(71(9,10)11)37-50(70(6,7)8)38-61(67)72(12,13)14)36-55(41-53)79-54-26-27-59-58-20-15-16-23-62(58)78(65(59)42-54)66-39-49(28-29-75-66)69(3,4)5/h15-39,41-42,51H,40,43H2,1-14H3. The Labute approximate surface area is 466 Å². The number of halogens is 2. The highest BCUT2D eigenvalue weighted by molar-refractivity contribution is 6.09. The Morgan fingerprint density at radius 3 is 1.84 bits per heavy atom. The van der Waals surface area contributed by atoms with Gasteiger partial charge in [-0.1, -0.05) is 173 Å². The summed E-state index contributed by atoms with van der Waals surface area (Å²) >= 11 is 0. The zero-order valence-corrected chi connectivity index (χ0v) is 48.5. The highest BCUT2D eigenvalue weighted by Gasteiger charge is 2.35. The molecule has 2 aromatic heterocycles. The maximum absolute atomic E-state index is 15.5.